The normalized spacial score (nSPS) is 23.0. The molecule has 2 aliphatic heterocycles. The van der Waals surface area contributed by atoms with Gasteiger partial charge in [-0.15, -0.1) is 0 Å². The van der Waals surface area contributed by atoms with Gasteiger partial charge in [0.15, 0.2) is 17.9 Å². The first-order valence-corrected chi connectivity index (χ1v) is 34.1. The van der Waals surface area contributed by atoms with E-state index in [9.17, 15) is 79.2 Å². The van der Waals surface area contributed by atoms with Crippen molar-refractivity contribution < 1.29 is 108 Å². The highest BCUT2D eigenvalue weighted by Crippen LogP contribution is 2.35. The van der Waals surface area contributed by atoms with Gasteiger partial charge in [-0.2, -0.15) is 0 Å². The smallest absolute Gasteiger partial charge is 0.320 e. The summed E-state index contributed by atoms with van der Waals surface area (Å²) in [5.41, 5.74) is 12.0. The number of hydrogen-bond acceptors (Lipinski definition) is 22. The number of Topliss-reactive ketones (excluding diaryl/α,β-unsaturated/α-hetero) is 2. The predicted molar refractivity (Wildman–Crippen MR) is 346 cm³/mol. The third-order valence-corrected chi connectivity index (χ3v) is 16.8. The van der Waals surface area contributed by atoms with Crippen LogP contribution in [-0.2, 0) is 57.3 Å². The second kappa shape index (κ2) is 50.9. The number of carbonyl (C=O) groups excluding carboxylic acids is 5. The van der Waals surface area contributed by atoms with E-state index in [1.807, 2.05) is 0 Å². The first-order valence-electron chi connectivity index (χ1n) is 34.1. The average molecular weight is 1340 g/mol. The van der Waals surface area contributed by atoms with Crippen LogP contribution < -0.4 is 27.8 Å². The van der Waals surface area contributed by atoms with Crippen molar-refractivity contribution in [3.63, 3.8) is 0 Å². The molecule has 0 aromatic rings. The lowest BCUT2D eigenvalue weighted by atomic mass is 9.81. The third-order valence-electron chi connectivity index (χ3n) is 16.8. The van der Waals surface area contributed by atoms with Gasteiger partial charge in [-0.25, -0.2) is 0 Å². The molecule has 0 aromatic heterocycles. The molecule has 3 unspecified atom stereocenters. The van der Waals surface area contributed by atoms with Crippen molar-refractivity contribution in [2.24, 2.45) is 17.2 Å². The molecule has 93 heavy (non-hydrogen) atoms. The van der Waals surface area contributed by atoms with Crippen LogP contribution in [-0.4, -0.2) is 227 Å². The Morgan fingerprint density at radius 2 is 0.957 bits per heavy atom. The molecule has 0 radical (unpaired) electrons. The molecular formula is C65H122N6O22. The summed E-state index contributed by atoms with van der Waals surface area (Å²) in [6, 6.07) is -6.00. The lowest BCUT2D eigenvalue weighted by Gasteiger charge is -2.50. The van der Waals surface area contributed by atoms with E-state index in [4.69, 9.17) is 46.4 Å². The number of carboxylic acid groups (broad SMARTS) is 3. The lowest BCUT2D eigenvalue weighted by Crippen LogP contribution is -2.71. The number of carboxylic acids is 3. The van der Waals surface area contributed by atoms with Crippen LogP contribution in [0.5, 0.6) is 0 Å². The molecule has 0 saturated carbocycles. The minimum atomic E-state index is -2.74. The fraction of sp³-hybridized carbons (Fsp3) is 0.877. The molecule has 0 spiro atoms. The van der Waals surface area contributed by atoms with Crippen molar-refractivity contribution in [3.8, 4) is 0 Å². The highest BCUT2D eigenvalue weighted by molar-refractivity contribution is 6.11. The number of nitrogens with two attached hydrogens (primary N) is 3. The number of aliphatic hydroxyl groups excluding tert-OH is 7. The topological polar surface area (TPSA) is 481 Å². The zero-order valence-corrected chi connectivity index (χ0v) is 56.8. The molecule has 2 aliphatic rings. The van der Waals surface area contributed by atoms with Crippen LogP contribution in [0.3, 0.4) is 0 Å². The summed E-state index contributed by atoms with van der Waals surface area (Å²) in [6.07, 6.45) is 10.2. The van der Waals surface area contributed by atoms with Gasteiger partial charge in [-0.05, 0) is 40.0 Å². The maximum absolute atomic E-state index is 14.9. The number of primary amides is 1. The first kappa shape index (κ1) is 88.6. The van der Waals surface area contributed by atoms with Crippen molar-refractivity contribution in [2.75, 3.05) is 26.4 Å². The van der Waals surface area contributed by atoms with Crippen LogP contribution in [0.25, 0.3) is 0 Å². The molecule has 28 heteroatoms. The van der Waals surface area contributed by atoms with Gasteiger partial charge in [0.1, 0.15) is 67.1 Å². The number of aliphatic carboxylic acids is 3. The molecule has 28 nitrogen and oxygen atoms in total. The van der Waals surface area contributed by atoms with Crippen LogP contribution in [0.2, 0.25) is 0 Å². The van der Waals surface area contributed by atoms with E-state index in [1.165, 1.54) is 116 Å². The summed E-state index contributed by atoms with van der Waals surface area (Å²) in [5.74, 6) is -6.95. The molecule has 3 amide bonds. The summed E-state index contributed by atoms with van der Waals surface area (Å²) in [5, 5.41) is 108. The molecule has 544 valence electrons. The third kappa shape index (κ3) is 34.9. The largest absolute Gasteiger partial charge is 0.481 e. The van der Waals surface area contributed by atoms with E-state index in [2.05, 4.69) is 24.5 Å². The Morgan fingerprint density at radius 3 is 1.30 bits per heavy atom. The summed E-state index contributed by atoms with van der Waals surface area (Å²) in [4.78, 5) is 98.6. The van der Waals surface area contributed by atoms with Crippen molar-refractivity contribution in [3.05, 3.63) is 0 Å². The van der Waals surface area contributed by atoms with E-state index in [0.29, 0.717) is 25.7 Å². The maximum Gasteiger partial charge on any atom is 0.320 e. The summed E-state index contributed by atoms with van der Waals surface area (Å²) in [7, 11) is 0. The van der Waals surface area contributed by atoms with Crippen LogP contribution in [0.4, 0.5) is 0 Å². The Bertz CT molecular complexity index is 2060. The monoisotopic (exact) mass is 1340 g/mol. The molecule has 2 rings (SSSR count). The quantitative estimate of drug-likeness (QED) is 0.0307. The van der Waals surface area contributed by atoms with Gasteiger partial charge in [0.05, 0.1) is 38.0 Å². The van der Waals surface area contributed by atoms with E-state index >= 15 is 0 Å². The predicted octanol–water partition coefficient (Wildman–Crippen LogP) is 3.35. The van der Waals surface area contributed by atoms with Crippen LogP contribution in [0.1, 0.15) is 241 Å². The maximum atomic E-state index is 14.9. The Hall–Kier alpha value is -4.40. The van der Waals surface area contributed by atoms with Crippen LogP contribution >= 0.6 is 0 Å². The van der Waals surface area contributed by atoms with Gasteiger partial charge in [-0.1, -0.05) is 168 Å². The number of nitrogens with one attached hydrogen (secondary N) is 2. The van der Waals surface area contributed by atoms with Gasteiger partial charge < -0.3 is 97.8 Å². The van der Waals surface area contributed by atoms with Gasteiger partial charge in [0.2, 0.25) is 23.3 Å². The first-order chi connectivity index (χ1) is 44.0. The number of aliphatic hydroxyl groups is 7. The van der Waals surface area contributed by atoms with E-state index in [0.717, 1.165) is 65.2 Å². The number of ether oxygens (including phenoxy) is 4. The lowest BCUT2D eigenvalue weighted by molar-refractivity contribution is -0.297. The molecule has 2 saturated heterocycles. The molecular weight excluding hydrogens is 1220 g/mol. The Morgan fingerprint density at radius 1 is 0.559 bits per heavy atom. The molecule has 18 N–H and O–H groups in total. The molecule has 15 atom stereocenters. The number of rotatable bonds is 50. The zero-order valence-electron chi connectivity index (χ0n) is 56.8. The Balaban J connectivity index is 0.00000464. The Labute approximate surface area is 551 Å². The number of amides is 3. The fourth-order valence-electron chi connectivity index (χ4n) is 11.2. The Kier molecular flexibility index (Phi) is 48.5. The minimum Gasteiger partial charge on any atom is -0.481 e. The van der Waals surface area contributed by atoms with Crippen molar-refractivity contribution >= 4 is 47.2 Å². The standard InChI is InChI=1S/C57H105N3O17.C5H10N2O3.C3H7NO2/c1-7-9-11-13-15-17-19-21-23-25-27-29-31-33-45(66)57(47(68)38-63,46(67)34-32-30-28-26-24-22-20-18-16-14-12-10-8-2)77-52-44(37-62)76-56(73)49(59-42(6)65)53(52)74-39(3)35-60(40(4)55(71)72)54-48(58-41(5)64)51(70)50(69)43(36-61)75-54;6-3(5(7)10)1-2-4(8)9;1-2(4)3(5)6/h39-40,43-44,47-54,56,61-63,68-70,73H,7-38H2,1-6H3,(H,58,64)(H,59,65)(H,71,72);3H,1-2,6H2,(H2,7,10)(H,8,9);2H,4H2,1H3,(H,5,6)/t39?,40-,43+,44+,47?,48+,49+,50+,51+,52+,53+,54?,56-;3-;2-/m010/s1. The van der Waals surface area contributed by atoms with E-state index in [-0.39, 0.29) is 25.7 Å². The summed E-state index contributed by atoms with van der Waals surface area (Å²) < 4.78 is 25.0. The van der Waals surface area contributed by atoms with E-state index in [1.54, 1.807) is 0 Å². The van der Waals surface area contributed by atoms with Gasteiger partial charge >= 0.3 is 17.9 Å². The van der Waals surface area contributed by atoms with Gasteiger partial charge in [-0.3, -0.25) is 43.3 Å². The number of hydrogen-bond donors (Lipinski definition) is 15. The summed E-state index contributed by atoms with van der Waals surface area (Å²) >= 11 is 0. The fourth-order valence-corrected chi connectivity index (χ4v) is 11.2. The van der Waals surface area contributed by atoms with Crippen LogP contribution in [0.15, 0.2) is 0 Å². The van der Waals surface area contributed by atoms with Crippen LogP contribution in [0, 0.1) is 0 Å². The zero-order chi connectivity index (χ0) is 70.6. The highest BCUT2D eigenvalue weighted by Gasteiger charge is 2.58. The number of ketones is 2. The molecule has 0 aliphatic carbocycles. The van der Waals surface area contributed by atoms with Gasteiger partial charge in [0.25, 0.3) is 0 Å². The molecule has 0 bridgehead atoms. The number of carbonyl (C=O) groups is 8. The van der Waals surface area contributed by atoms with Crippen molar-refractivity contribution in [1.82, 2.24) is 15.5 Å². The number of unbranched alkanes of at least 4 members (excludes halogenated alkanes) is 24. The number of nitrogens with zero attached hydrogens (tertiary/aromatic N) is 1. The molecule has 0 aromatic carbocycles. The molecule has 2 fully saturated rings. The second-order valence-corrected chi connectivity index (χ2v) is 25.0. The second-order valence-electron chi connectivity index (χ2n) is 25.0. The minimum absolute atomic E-state index is 0.102. The molecule has 2 heterocycles. The summed E-state index contributed by atoms with van der Waals surface area (Å²) in [6.45, 7) is 7.69. The average Bonchev–Trinajstić information content (AvgIpc) is 0.805. The van der Waals surface area contributed by atoms with Gasteiger partial charge in [0, 0.05) is 39.7 Å². The van der Waals surface area contributed by atoms with Crippen molar-refractivity contribution in [2.45, 2.75) is 338 Å². The SMILES string of the molecule is CCCCCCCCCCCCCCCC(=O)C(O[C@H]1[C@H](OC(C)CN(C2O[C@H](CO)[C@@H](O)[C@H](O)[C@H]2NC(C)=O)[C@@H](C)C(=O)O)[C@@H](NC(C)=O)[C@@H](O)O[C@@H]1CO)(C(=O)CCCCCCCCCCCCCCC)C(O)CO.C[C@H](N)C(=O)O.NC(=O)[C@H](N)CCC(=O)O. The van der Waals surface area contributed by atoms with Crippen molar-refractivity contribution in [1.29, 1.82) is 0 Å². The highest BCUT2D eigenvalue weighted by atomic mass is 16.7. The van der Waals surface area contributed by atoms with E-state index < -0.39 is 171 Å².